The monoisotopic (exact) mass is 577 g/mol. The summed E-state index contributed by atoms with van der Waals surface area (Å²) < 4.78 is 32.0. The molecule has 1 saturated heterocycles. The molecule has 1 aliphatic heterocycles. The molecule has 1 aromatic rings. The van der Waals surface area contributed by atoms with Gasteiger partial charge in [-0.05, 0) is 43.1 Å². The number of hydrogen-bond acceptors (Lipinski definition) is 7. The lowest BCUT2D eigenvalue weighted by Crippen LogP contribution is -2.58. The van der Waals surface area contributed by atoms with Crippen LogP contribution >= 0.6 is 0 Å². The number of hydrogen-bond donors (Lipinski definition) is 3. The quantitative estimate of drug-likeness (QED) is 0.181. The van der Waals surface area contributed by atoms with Crippen LogP contribution in [0.15, 0.2) is 36.4 Å². The molecule has 2 amide bonds. The molecule has 10 heteroatoms. The largest absolute Gasteiger partial charge is 0.350 e. The summed E-state index contributed by atoms with van der Waals surface area (Å²) in [5, 5.41) is 0. The normalized spacial score (nSPS) is 22.0. The Morgan fingerprint density at radius 1 is 1.07 bits per heavy atom. The Labute approximate surface area is 239 Å². The van der Waals surface area contributed by atoms with Gasteiger partial charge in [-0.2, -0.15) is 0 Å². The summed E-state index contributed by atoms with van der Waals surface area (Å²) in [4.78, 5) is 33.2. The Morgan fingerprint density at radius 2 is 1.75 bits per heavy atom. The van der Waals surface area contributed by atoms with Gasteiger partial charge in [0.2, 0.25) is 11.8 Å². The van der Waals surface area contributed by atoms with Gasteiger partial charge in [0.05, 0.1) is 11.8 Å². The molecule has 40 heavy (non-hydrogen) atoms. The molecule has 1 heterocycles. The molecular weight excluding hydrogens is 530 g/mol. The Hall–Kier alpha value is -2.27. The molecule has 0 aromatic heterocycles. The van der Waals surface area contributed by atoms with Gasteiger partial charge in [-0.25, -0.2) is 24.6 Å². The summed E-state index contributed by atoms with van der Waals surface area (Å²) in [6.45, 7) is 4.38. The second-order valence-corrected chi connectivity index (χ2v) is 14.1. The van der Waals surface area contributed by atoms with Crippen LogP contribution in [-0.2, 0) is 29.0 Å². The first-order chi connectivity index (χ1) is 19.1. The molecule has 2 aliphatic rings. The van der Waals surface area contributed by atoms with E-state index < -0.39 is 44.5 Å². The molecule has 224 valence electrons. The topological polar surface area (TPSA) is 137 Å². The minimum absolute atomic E-state index is 0.00904. The lowest BCUT2D eigenvalue weighted by molar-refractivity contribution is -0.203. The molecule has 1 saturated carbocycles. The summed E-state index contributed by atoms with van der Waals surface area (Å²) in [5.74, 6) is 2.16. The number of carbonyl (C=O) groups is 2. The van der Waals surface area contributed by atoms with Crippen LogP contribution in [0.5, 0.6) is 0 Å². The average Bonchev–Trinajstić information content (AvgIpc) is 2.94. The first kappa shape index (κ1) is 32.2. The molecule has 3 rings (SSSR count). The smallest absolute Gasteiger partial charge is 0.249 e. The maximum absolute atomic E-state index is 14.2. The number of nitrogens with two attached hydrogens (primary N) is 1. The van der Waals surface area contributed by atoms with Gasteiger partial charge in [-0.3, -0.25) is 15.0 Å². The Kier molecular flexibility index (Phi) is 12.2. The maximum Gasteiger partial charge on any atom is 0.249 e. The van der Waals surface area contributed by atoms with Crippen molar-refractivity contribution in [1.29, 1.82) is 0 Å². The molecule has 9 nitrogen and oxygen atoms in total. The van der Waals surface area contributed by atoms with Crippen LogP contribution in [0.1, 0.15) is 83.6 Å². The highest BCUT2D eigenvalue weighted by Gasteiger charge is 2.55. The number of hydrazine groups is 1. The third-order valence-electron chi connectivity index (χ3n) is 8.22. The van der Waals surface area contributed by atoms with Crippen LogP contribution in [0.25, 0.3) is 6.08 Å². The third-order valence-corrected chi connectivity index (χ3v) is 10.2. The van der Waals surface area contributed by atoms with Crippen LogP contribution in [0.3, 0.4) is 0 Å². The second-order valence-electron chi connectivity index (χ2n) is 11.8. The Bertz CT molecular complexity index is 1080. The van der Waals surface area contributed by atoms with Crippen molar-refractivity contribution in [3.05, 3.63) is 42.0 Å². The molecule has 0 radical (unpaired) electrons. The summed E-state index contributed by atoms with van der Waals surface area (Å²) in [7, 11) is -3.96. The van der Waals surface area contributed by atoms with Gasteiger partial charge in [0.1, 0.15) is 4.75 Å². The van der Waals surface area contributed by atoms with E-state index in [0.29, 0.717) is 13.0 Å². The molecule has 2 fully saturated rings. The van der Waals surface area contributed by atoms with E-state index in [1.807, 2.05) is 44.2 Å². The maximum atomic E-state index is 14.2. The van der Waals surface area contributed by atoms with Crippen molar-refractivity contribution >= 4 is 27.7 Å². The van der Waals surface area contributed by atoms with Crippen molar-refractivity contribution in [1.82, 2.24) is 10.9 Å². The number of benzene rings is 1. The fourth-order valence-electron chi connectivity index (χ4n) is 6.19. The van der Waals surface area contributed by atoms with Crippen molar-refractivity contribution in [3.8, 4) is 0 Å². The van der Waals surface area contributed by atoms with Gasteiger partial charge in [0, 0.05) is 19.3 Å². The van der Waals surface area contributed by atoms with E-state index in [1.165, 1.54) is 6.26 Å². The standard InChI is InChI=1S/C30H47N3O6S/c1-22(2)20-25(28(34)32-31)27(29(35)33-39-26-16-10-11-19-38-26)30(40(3,36)37,21-24-14-8-5-9-15-24)18-17-23-12-6-4-7-13-23/h4,6-7,12-13,17-18,22,24-27H,5,8-11,14-16,19-21,31H2,1-3H3,(H,32,34)(H,33,35)/b18-17+/t25-,26?,27+,30?/m1/s1. The van der Waals surface area contributed by atoms with E-state index in [0.717, 1.165) is 50.5 Å². The summed E-state index contributed by atoms with van der Waals surface area (Å²) in [5.41, 5.74) is 5.52. The lowest BCUT2D eigenvalue weighted by Gasteiger charge is -2.42. The van der Waals surface area contributed by atoms with Gasteiger partial charge in [-0.1, -0.05) is 88.4 Å². The zero-order valence-electron chi connectivity index (χ0n) is 24.1. The minimum atomic E-state index is -3.96. The number of sulfone groups is 1. The highest BCUT2D eigenvalue weighted by atomic mass is 32.2. The lowest BCUT2D eigenvalue weighted by atomic mass is 9.70. The first-order valence-electron chi connectivity index (χ1n) is 14.6. The van der Waals surface area contributed by atoms with Crippen molar-refractivity contribution in [2.75, 3.05) is 12.9 Å². The summed E-state index contributed by atoms with van der Waals surface area (Å²) >= 11 is 0. The SMILES string of the molecule is CC(C)C[C@@H](C(=O)NN)[C@@H](C(=O)NOC1CCCCO1)C(/C=C/c1ccccc1)(CC1CCCCC1)S(C)(=O)=O. The highest BCUT2D eigenvalue weighted by Crippen LogP contribution is 2.44. The van der Waals surface area contributed by atoms with E-state index in [4.69, 9.17) is 15.4 Å². The molecule has 2 unspecified atom stereocenters. The van der Waals surface area contributed by atoms with Gasteiger partial charge >= 0.3 is 0 Å². The summed E-state index contributed by atoms with van der Waals surface area (Å²) in [6, 6.07) is 9.37. The molecule has 0 bridgehead atoms. The predicted molar refractivity (Wildman–Crippen MR) is 156 cm³/mol. The van der Waals surface area contributed by atoms with Crippen molar-refractivity contribution in [2.45, 2.75) is 89.1 Å². The van der Waals surface area contributed by atoms with E-state index in [-0.39, 0.29) is 24.7 Å². The van der Waals surface area contributed by atoms with Crippen LogP contribution in [0.4, 0.5) is 0 Å². The molecular formula is C30H47N3O6S. The zero-order chi connectivity index (χ0) is 29.2. The summed E-state index contributed by atoms with van der Waals surface area (Å²) in [6.07, 6.45) is 11.7. The van der Waals surface area contributed by atoms with Crippen LogP contribution < -0.4 is 16.7 Å². The molecule has 4 N–H and O–H groups in total. The fourth-order valence-corrected chi connectivity index (χ4v) is 7.78. The fraction of sp³-hybridized carbons (Fsp3) is 0.667. The van der Waals surface area contributed by atoms with E-state index in [1.54, 1.807) is 12.2 Å². The van der Waals surface area contributed by atoms with Crippen LogP contribution in [0, 0.1) is 23.7 Å². The van der Waals surface area contributed by atoms with Gasteiger partial charge in [-0.15, -0.1) is 0 Å². The van der Waals surface area contributed by atoms with Crippen molar-refractivity contribution in [3.63, 3.8) is 0 Å². The minimum Gasteiger partial charge on any atom is -0.350 e. The number of amides is 2. The van der Waals surface area contributed by atoms with Gasteiger partial charge < -0.3 is 4.74 Å². The van der Waals surface area contributed by atoms with E-state index in [2.05, 4.69) is 10.9 Å². The van der Waals surface area contributed by atoms with E-state index in [9.17, 15) is 18.0 Å². The molecule has 1 aromatic carbocycles. The Balaban J connectivity index is 2.16. The average molecular weight is 578 g/mol. The van der Waals surface area contributed by atoms with Crippen molar-refractivity contribution < 1.29 is 27.6 Å². The third kappa shape index (κ3) is 8.61. The molecule has 4 atom stereocenters. The number of rotatable bonds is 13. The molecule has 1 aliphatic carbocycles. The number of nitrogens with one attached hydrogen (secondary N) is 2. The number of ether oxygens (including phenoxy) is 1. The zero-order valence-corrected chi connectivity index (χ0v) is 25.0. The molecule has 0 spiro atoms. The second kappa shape index (κ2) is 15.1. The first-order valence-corrected chi connectivity index (χ1v) is 16.5. The van der Waals surface area contributed by atoms with Crippen LogP contribution in [-0.4, -0.2) is 44.1 Å². The number of carbonyl (C=O) groups excluding carboxylic acids is 2. The van der Waals surface area contributed by atoms with E-state index >= 15 is 0 Å². The Morgan fingerprint density at radius 3 is 2.33 bits per heavy atom. The van der Waals surface area contributed by atoms with Gasteiger partial charge in [0.25, 0.3) is 0 Å². The van der Waals surface area contributed by atoms with Crippen molar-refractivity contribution in [2.24, 2.45) is 29.5 Å². The van der Waals surface area contributed by atoms with Crippen LogP contribution in [0.2, 0.25) is 0 Å². The number of hydroxylamine groups is 1. The highest BCUT2D eigenvalue weighted by molar-refractivity contribution is 7.92. The predicted octanol–water partition coefficient (Wildman–Crippen LogP) is 4.30. The van der Waals surface area contributed by atoms with Gasteiger partial charge in [0.15, 0.2) is 16.1 Å².